The number of hydrogen-bond donors (Lipinski definition) is 1. The fourth-order valence-electron chi connectivity index (χ4n) is 2.35. The average molecular weight is 380 g/mol. The molecule has 1 aromatic carbocycles. The van der Waals surface area contributed by atoms with Crippen molar-refractivity contribution in [1.82, 2.24) is 5.32 Å². The third kappa shape index (κ3) is 6.92. The summed E-state index contributed by atoms with van der Waals surface area (Å²) in [5.41, 5.74) is 1.03. The SMILES string of the molecule is COC(=O)[C@@H](NC(=O)[C@H](Cc1ccccc1)O[SiH](C)C(C)(C)C)C(C)C. The monoisotopic (exact) mass is 379 g/mol. The predicted octanol–water partition coefficient (Wildman–Crippen LogP) is 3.08. The van der Waals surface area contributed by atoms with Gasteiger partial charge in [0.05, 0.1) is 7.11 Å². The van der Waals surface area contributed by atoms with Crippen molar-refractivity contribution in [2.45, 2.75) is 64.8 Å². The van der Waals surface area contributed by atoms with Crippen molar-refractivity contribution >= 4 is 20.9 Å². The Morgan fingerprint density at radius 3 is 2.19 bits per heavy atom. The van der Waals surface area contributed by atoms with Crippen LogP contribution in [-0.2, 0) is 25.2 Å². The van der Waals surface area contributed by atoms with Crippen LogP contribution in [0.4, 0.5) is 0 Å². The van der Waals surface area contributed by atoms with Crippen LogP contribution in [0.5, 0.6) is 0 Å². The van der Waals surface area contributed by atoms with Crippen LogP contribution >= 0.6 is 0 Å². The number of carbonyl (C=O) groups is 2. The van der Waals surface area contributed by atoms with E-state index in [-0.39, 0.29) is 16.9 Å². The molecule has 0 saturated carbocycles. The van der Waals surface area contributed by atoms with Gasteiger partial charge in [-0.1, -0.05) is 65.0 Å². The molecule has 5 nitrogen and oxygen atoms in total. The Hall–Kier alpha value is -1.66. The molecule has 0 aliphatic rings. The lowest BCUT2D eigenvalue weighted by molar-refractivity contribution is -0.147. The quantitative estimate of drug-likeness (QED) is 0.557. The van der Waals surface area contributed by atoms with Gasteiger partial charge in [0.25, 0.3) is 0 Å². The van der Waals surface area contributed by atoms with Gasteiger partial charge in [-0.15, -0.1) is 0 Å². The molecule has 0 spiro atoms. The summed E-state index contributed by atoms with van der Waals surface area (Å²) in [4.78, 5) is 24.9. The number of methoxy groups -OCH3 is 1. The molecule has 3 atom stereocenters. The van der Waals surface area contributed by atoms with Crippen molar-refractivity contribution < 1.29 is 18.8 Å². The maximum Gasteiger partial charge on any atom is 0.328 e. The van der Waals surface area contributed by atoms with Crippen LogP contribution in [0.2, 0.25) is 11.6 Å². The predicted molar refractivity (Wildman–Crippen MR) is 107 cm³/mol. The fourth-order valence-corrected chi connectivity index (χ4v) is 3.47. The van der Waals surface area contributed by atoms with Crippen molar-refractivity contribution in [3.63, 3.8) is 0 Å². The van der Waals surface area contributed by atoms with Gasteiger partial charge >= 0.3 is 5.97 Å². The summed E-state index contributed by atoms with van der Waals surface area (Å²) in [7, 11) is -0.295. The third-order valence-electron chi connectivity index (χ3n) is 4.56. The van der Waals surface area contributed by atoms with Crippen LogP contribution in [0.3, 0.4) is 0 Å². The first-order valence-corrected chi connectivity index (χ1v) is 11.3. The summed E-state index contributed by atoms with van der Waals surface area (Å²) in [6.45, 7) is 12.3. The maximum atomic E-state index is 12.9. The number of carbonyl (C=O) groups excluding carboxylic acids is 2. The van der Waals surface area contributed by atoms with Gasteiger partial charge in [0.2, 0.25) is 5.91 Å². The molecule has 0 bridgehead atoms. The van der Waals surface area contributed by atoms with Crippen molar-refractivity contribution in [1.29, 1.82) is 0 Å². The lowest BCUT2D eigenvalue weighted by Crippen LogP contribution is -2.51. The molecule has 0 aliphatic heterocycles. The molecule has 0 radical (unpaired) electrons. The van der Waals surface area contributed by atoms with Crippen LogP contribution in [0.15, 0.2) is 30.3 Å². The van der Waals surface area contributed by atoms with E-state index < -0.39 is 27.2 Å². The van der Waals surface area contributed by atoms with Crippen molar-refractivity contribution in [2.24, 2.45) is 5.92 Å². The number of hydrogen-bond acceptors (Lipinski definition) is 4. The number of nitrogens with one attached hydrogen (secondary N) is 1. The van der Waals surface area contributed by atoms with Crippen LogP contribution in [0, 0.1) is 5.92 Å². The molecule has 1 rings (SSSR count). The van der Waals surface area contributed by atoms with E-state index in [4.69, 9.17) is 9.16 Å². The molecule has 0 aliphatic carbocycles. The van der Waals surface area contributed by atoms with E-state index >= 15 is 0 Å². The molecule has 1 amide bonds. The summed E-state index contributed by atoms with van der Waals surface area (Å²) >= 11 is 0. The summed E-state index contributed by atoms with van der Waals surface area (Å²) < 4.78 is 11.1. The molecular formula is C20H33NO4Si. The number of rotatable bonds is 8. The standard InChI is InChI=1S/C20H33NO4Si/c1-14(2)17(19(23)24-6)21-18(22)16(25-26(7)20(3,4)5)13-15-11-9-8-10-12-15/h8-12,14,16-17,26H,13H2,1-7H3,(H,21,22)/t16-,17-,26?/m0/s1. The topological polar surface area (TPSA) is 64.6 Å². The Kier molecular flexibility index (Phi) is 8.50. The third-order valence-corrected chi connectivity index (χ3v) is 7.74. The zero-order chi connectivity index (χ0) is 19.9. The van der Waals surface area contributed by atoms with Crippen molar-refractivity contribution in [3.05, 3.63) is 35.9 Å². The summed E-state index contributed by atoms with van der Waals surface area (Å²) in [5.74, 6) is -0.768. The van der Waals surface area contributed by atoms with Gasteiger partial charge in [-0.2, -0.15) is 0 Å². The van der Waals surface area contributed by atoms with E-state index in [0.717, 1.165) is 5.56 Å². The lowest BCUT2D eigenvalue weighted by atomic mass is 10.0. The van der Waals surface area contributed by atoms with Crippen LogP contribution in [0.25, 0.3) is 0 Å². The number of esters is 1. The van der Waals surface area contributed by atoms with Gasteiger partial charge in [-0.05, 0) is 23.1 Å². The summed E-state index contributed by atoms with van der Waals surface area (Å²) in [6.07, 6.45) is -0.143. The van der Waals surface area contributed by atoms with Gasteiger partial charge in [0.15, 0.2) is 9.04 Å². The summed E-state index contributed by atoms with van der Waals surface area (Å²) in [6, 6.07) is 9.11. The number of benzene rings is 1. The van der Waals surface area contributed by atoms with Crippen LogP contribution in [0.1, 0.15) is 40.2 Å². The Morgan fingerprint density at radius 2 is 1.73 bits per heavy atom. The first-order valence-electron chi connectivity index (χ1n) is 9.13. The molecule has 0 saturated heterocycles. The second-order valence-corrected chi connectivity index (χ2v) is 11.4. The van der Waals surface area contributed by atoms with Gasteiger partial charge in [0.1, 0.15) is 12.1 Å². The molecule has 6 heteroatoms. The lowest BCUT2D eigenvalue weighted by Gasteiger charge is -2.31. The van der Waals surface area contributed by atoms with Crippen LogP contribution < -0.4 is 5.32 Å². The average Bonchev–Trinajstić information content (AvgIpc) is 2.57. The molecule has 1 unspecified atom stereocenters. The Labute approximate surface area is 159 Å². The molecular weight excluding hydrogens is 346 g/mol. The molecule has 0 aromatic heterocycles. The highest BCUT2D eigenvalue weighted by atomic mass is 28.3. The highest BCUT2D eigenvalue weighted by molar-refractivity contribution is 6.54. The largest absolute Gasteiger partial charge is 0.467 e. The first-order chi connectivity index (χ1) is 12.1. The van der Waals surface area contributed by atoms with E-state index in [0.29, 0.717) is 6.42 Å². The minimum Gasteiger partial charge on any atom is -0.467 e. The molecule has 146 valence electrons. The van der Waals surface area contributed by atoms with Crippen LogP contribution in [-0.4, -0.2) is 40.2 Å². The number of amides is 1. The Bertz CT molecular complexity index is 583. The highest BCUT2D eigenvalue weighted by Crippen LogP contribution is 2.28. The first kappa shape index (κ1) is 22.4. The van der Waals surface area contributed by atoms with E-state index in [9.17, 15) is 9.59 Å². The highest BCUT2D eigenvalue weighted by Gasteiger charge is 2.32. The summed E-state index contributed by atoms with van der Waals surface area (Å²) in [5, 5.41) is 2.86. The zero-order valence-electron chi connectivity index (χ0n) is 17.0. The molecule has 1 aromatic rings. The van der Waals surface area contributed by atoms with Gasteiger partial charge in [-0.3, -0.25) is 4.79 Å². The number of ether oxygens (including phenoxy) is 1. The zero-order valence-corrected chi connectivity index (χ0v) is 18.2. The normalized spacial score (nSPS) is 15.2. The van der Waals surface area contributed by atoms with Crippen molar-refractivity contribution in [3.8, 4) is 0 Å². The fraction of sp³-hybridized carbons (Fsp3) is 0.600. The van der Waals surface area contributed by atoms with E-state index in [1.807, 2.05) is 44.2 Å². The molecule has 0 fully saturated rings. The maximum absolute atomic E-state index is 12.9. The molecule has 26 heavy (non-hydrogen) atoms. The van der Waals surface area contributed by atoms with Gasteiger partial charge in [0, 0.05) is 6.42 Å². The minimum atomic E-state index is -1.62. The van der Waals surface area contributed by atoms with E-state index in [1.165, 1.54) is 7.11 Å². The molecule has 0 heterocycles. The van der Waals surface area contributed by atoms with E-state index in [1.54, 1.807) is 0 Å². The Balaban J connectivity index is 2.98. The second kappa shape index (κ2) is 9.88. The van der Waals surface area contributed by atoms with Gasteiger partial charge < -0.3 is 14.5 Å². The molecule has 1 N–H and O–H groups in total. The van der Waals surface area contributed by atoms with Gasteiger partial charge in [-0.25, -0.2) is 4.79 Å². The smallest absolute Gasteiger partial charge is 0.328 e. The van der Waals surface area contributed by atoms with Crippen molar-refractivity contribution in [2.75, 3.05) is 7.11 Å². The second-order valence-electron chi connectivity index (χ2n) is 8.08. The van der Waals surface area contributed by atoms with E-state index in [2.05, 4.69) is 32.6 Å². The minimum absolute atomic E-state index is 0.0367. The Morgan fingerprint density at radius 1 is 1.15 bits per heavy atom.